The van der Waals surface area contributed by atoms with E-state index in [-0.39, 0.29) is 18.0 Å². The van der Waals surface area contributed by atoms with Crippen LogP contribution in [0, 0.1) is 5.82 Å². The molecule has 1 aromatic carbocycles. The summed E-state index contributed by atoms with van der Waals surface area (Å²) >= 11 is 6.13. The van der Waals surface area contributed by atoms with Gasteiger partial charge in [-0.1, -0.05) is 17.7 Å². The number of ether oxygens (including phenoxy) is 1. The zero-order valence-corrected chi connectivity index (χ0v) is 13.7. The second-order valence-electron chi connectivity index (χ2n) is 5.83. The average Bonchev–Trinajstić information content (AvgIpc) is 2.46. The molecule has 1 fully saturated rings. The minimum atomic E-state index is -0.301. The predicted octanol–water partition coefficient (Wildman–Crippen LogP) is 2.72. The van der Waals surface area contributed by atoms with Crippen molar-refractivity contribution in [2.45, 2.75) is 38.5 Å². The summed E-state index contributed by atoms with van der Waals surface area (Å²) in [6, 6.07) is 5.25. The highest BCUT2D eigenvalue weighted by Crippen LogP contribution is 2.21. The largest absolute Gasteiger partial charge is 0.374 e. The minimum absolute atomic E-state index is 0.118. The van der Waals surface area contributed by atoms with Gasteiger partial charge >= 0.3 is 0 Å². The number of hydrogen-bond donors (Lipinski definition) is 1. The van der Waals surface area contributed by atoms with E-state index in [2.05, 4.69) is 24.1 Å². The van der Waals surface area contributed by atoms with E-state index >= 15 is 0 Å². The number of nitrogens with zero attached hydrogens (tertiary/aromatic N) is 1. The number of hydrogen-bond acceptors (Lipinski definition) is 3. The Morgan fingerprint density at radius 2 is 2.24 bits per heavy atom. The van der Waals surface area contributed by atoms with E-state index < -0.39 is 0 Å². The fourth-order valence-corrected chi connectivity index (χ4v) is 3.00. The van der Waals surface area contributed by atoms with Gasteiger partial charge in [-0.05, 0) is 45.0 Å². The smallest absolute Gasteiger partial charge is 0.124 e. The summed E-state index contributed by atoms with van der Waals surface area (Å²) in [4.78, 5) is 2.42. The summed E-state index contributed by atoms with van der Waals surface area (Å²) in [7, 11) is 1.93. The molecule has 2 rings (SSSR count). The van der Waals surface area contributed by atoms with Gasteiger partial charge in [-0.3, -0.25) is 4.90 Å². The van der Waals surface area contributed by atoms with Gasteiger partial charge in [0, 0.05) is 30.2 Å². The average molecular weight is 315 g/mol. The Kier molecular flexibility index (Phi) is 5.99. The van der Waals surface area contributed by atoms with Gasteiger partial charge in [-0.2, -0.15) is 0 Å². The van der Waals surface area contributed by atoms with Crippen LogP contribution in [0.25, 0.3) is 0 Å². The molecular formula is C16H24ClFN2O. The second kappa shape index (κ2) is 7.54. The lowest BCUT2D eigenvalue weighted by atomic mass is 9.99. The van der Waals surface area contributed by atoms with Crippen LogP contribution in [0.1, 0.15) is 19.4 Å². The van der Waals surface area contributed by atoms with Crippen molar-refractivity contribution in [2.24, 2.45) is 0 Å². The lowest BCUT2D eigenvalue weighted by molar-refractivity contribution is -0.0541. The molecule has 2 atom stereocenters. The summed E-state index contributed by atoms with van der Waals surface area (Å²) in [5.74, 6) is -0.301. The number of halogens is 2. The highest BCUT2D eigenvalue weighted by molar-refractivity contribution is 6.31. The highest BCUT2D eigenvalue weighted by atomic mass is 35.5. The second-order valence-corrected chi connectivity index (χ2v) is 6.24. The Hall–Kier alpha value is -0.680. The fraction of sp³-hybridized carbons (Fsp3) is 0.625. The number of rotatable bonds is 5. The van der Waals surface area contributed by atoms with E-state index in [1.807, 2.05) is 7.05 Å². The normalized spacial score (nSPS) is 21.7. The van der Waals surface area contributed by atoms with Crippen LogP contribution < -0.4 is 5.32 Å². The first kappa shape index (κ1) is 16.7. The standard InChI is InChI=1S/C16H24ClFN2O/c1-11(2)20-6-7-21-16(10-20)15(19-3)8-12-4-5-13(18)9-14(12)17/h4-5,9,11,15-16,19H,6-8,10H2,1-3H3. The molecule has 3 nitrogen and oxygen atoms in total. The molecule has 1 N–H and O–H groups in total. The Bertz CT molecular complexity index is 470. The van der Waals surface area contributed by atoms with Gasteiger partial charge < -0.3 is 10.1 Å². The molecule has 1 aromatic rings. The van der Waals surface area contributed by atoms with Crippen LogP contribution in [0.15, 0.2) is 18.2 Å². The maximum Gasteiger partial charge on any atom is 0.124 e. The molecule has 1 aliphatic rings. The lowest BCUT2D eigenvalue weighted by Crippen LogP contribution is -2.53. The van der Waals surface area contributed by atoms with Crippen molar-refractivity contribution >= 4 is 11.6 Å². The Balaban J connectivity index is 2.05. The zero-order valence-electron chi connectivity index (χ0n) is 12.9. The summed E-state index contributed by atoms with van der Waals surface area (Å²) < 4.78 is 19.1. The molecular weight excluding hydrogens is 291 g/mol. The quantitative estimate of drug-likeness (QED) is 0.904. The molecule has 1 saturated heterocycles. The fourth-order valence-electron chi connectivity index (χ4n) is 2.75. The number of benzene rings is 1. The van der Waals surface area contributed by atoms with Crippen molar-refractivity contribution in [3.05, 3.63) is 34.6 Å². The third kappa shape index (κ3) is 4.39. The topological polar surface area (TPSA) is 24.5 Å². The van der Waals surface area contributed by atoms with Gasteiger partial charge in [-0.15, -0.1) is 0 Å². The molecule has 0 spiro atoms. The van der Waals surface area contributed by atoms with E-state index in [1.54, 1.807) is 6.07 Å². The summed E-state index contributed by atoms with van der Waals surface area (Å²) in [5.41, 5.74) is 0.947. The van der Waals surface area contributed by atoms with Crippen molar-refractivity contribution in [1.29, 1.82) is 0 Å². The molecule has 1 aliphatic heterocycles. The Morgan fingerprint density at radius 3 is 2.86 bits per heavy atom. The van der Waals surface area contributed by atoms with Crippen molar-refractivity contribution in [2.75, 3.05) is 26.7 Å². The molecule has 0 bridgehead atoms. The lowest BCUT2D eigenvalue weighted by Gasteiger charge is -2.39. The van der Waals surface area contributed by atoms with Gasteiger partial charge in [0.2, 0.25) is 0 Å². The maximum atomic E-state index is 13.1. The van der Waals surface area contributed by atoms with Crippen LogP contribution in [0.3, 0.4) is 0 Å². The van der Waals surface area contributed by atoms with Gasteiger partial charge in [0.1, 0.15) is 5.82 Å². The van der Waals surface area contributed by atoms with Gasteiger partial charge in [0.15, 0.2) is 0 Å². The molecule has 5 heteroatoms. The van der Waals surface area contributed by atoms with Crippen LogP contribution in [-0.4, -0.2) is 49.8 Å². The van der Waals surface area contributed by atoms with E-state index in [0.29, 0.717) is 11.1 Å². The molecule has 2 unspecified atom stereocenters. The summed E-state index contributed by atoms with van der Waals surface area (Å²) in [6.07, 6.45) is 0.846. The van der Waals surface area contributed by atoms with Crippen LogP contribution >= 0.6 is 11.6 Å². The monoisotopic (exact) mass is 314 g/mol. The Labute approximate surface area is 131 Å². The number of nitrogens with one attached hydrogen (secondary N) is 1. The molecule has 0 amide bonds. The van der Waals surface area contributed by atoms with Crippen molar-refractivity contribution in [3.63, 3.8) is 0 Å². The van der Waals surface area contributed by atoms with Crippen LogP contribution in [0.2, 0.25) is 5.02 Å². The molecule has 21 heavy (non-hydrogen) atoms. The molecule has 0 aliphatic carbocycles. The minimum Gasteiger partial charge on any atom is -0.374 e. The molecule has 118 valence electrons. The van der Waals surface area contributed by atoms with Crippen LogP contribution in [0.4, 0.5) is 4.39 Å². The third-order valence-electron chi connectivity index (χ3n) is 4.13. The highest BCUT2D eigenvalue weighted by Gasteiger charge is 2.28. The van der Waals surface area contributed by atoms with Gasteiger partial charge in [0.05, 0.1) is 12.7 Å². The van der Waals surface area contributed by atoms with E-state index in [0.717, 1.165) is 31.7 Å². The van der Waals surface area contributed by atoms with Crippen molar-refractivity contribution < 1.29 is 9.13 Å². The molecule has 0 radical (unpaired) electrons. The molecule has 0 aromatic heterocycles. The number of likely N-dealkylation sites (N-methyl/N-ethyl adjacent to an activating group) is 1. The molecule has 1 heterocycles. The van der Waals surface area contributed by atoms with Gasteiger partial charge in [0.25, 0.3) is 0 Å². The van der Waals surface area contributed by atoms with E-state index in [9.17, 15) is 4.39 Å². The summed E-state index contributed by atoms with van der Waals surface area (Å²) in [5, 5.41) is 3.80. The van der Waals surface area contributed by atoms with Crippen LogP contribution in [-0.2, 0) is 11.2 Å². The SMILES string of the molecule is CNC(Cc1ccc(F)cc1Cl)C1CN(C(C)C)CCO1. The van der Waals surface area contributed by atoms with Crippen LogP contribution in [0.5, 0.6) is 0 Å². The van der Waals surface area contributed by atoms with E-state index in [4.69, 9.17) is 16.3 Å². The first-order valence-corrected chi connectivity index (χ1v) is 7.86. The molecule has 0 saturated carbocycles. The van der Waals surface area contributed by atoms with Gasteiger partial charge in [-0.25, -0.2) is 4.39 Å². The summed E-state index contributed by atoms with van der Waals surface area (Å²) in [6.45, 7) is 7.03. The van der Waals surface area contributed by atoms with Crippen molar-refractivity contribution in [1.82, 2.24) is 10.2 Å². The van der Waals surface area contributed by atoms with E-state index in [1.165, 1.54) is 12.1 Å². The number of morpholine rings is 1. The zero-order chi connectivity index (χ0) is 15.4. The van der Waals surface area contributed by atoms with Crippen molar-refractivity contribution in [3.8, 4) is 0 Å². The maximum absolute atomic E-state index is 13.1. The third-order valence-corrected chi connectivity index (χ3v) is 4.48. The predicted molar refractivity (Wildman–Crippen MR) is 84.4 cm³/mol. The first-order chi connectivity index (χ1) is 10.0. The Morgan fingerprint density at radius 1 is 1.48 bits per heavy atom. The first-order valence-electron chi connectivity index (χ1n) is 7.48.